The van der Waals surface area contributed by atoms with Crippen LogP contribution < -0.4 is 0 Å². The summed E-state index contributed by atoms with van der Waals surface area (Å²) in [6.07, 6.45) is 2.85. The Morgan fingerprint density at radius 2 is 2.17 bits per heavy atom. The molecule has 0 aliphatic rings. The SMILES string of the molecule is Cc1cc(C(=O)CCc2ccn(C)n2)ccc1F. The van der Waals surface area contributed by atoms with E-state index in [4.69, 9.17) is 0 Å². The van der Waals surface area contributed by atoms with Gasteiger partial charge in [0.25, 0.3) is 0 Å². The molecule has 0 aliphatic heterocycles. The summed E-state index contributed by atoms with van der Waals surface area (Å²) in [6.45, 7) is 1.66. The third-order valence-corrected chi connectivity index (χ3v) is 2.86. The number of hydrogen-bond acceptors (Lipinski definition) is 2. The van der Waals surface area contributed by atoms with Gasteiger partial charge >= 0.3 is 0 Å². The Balaban J connectivity index is 2.01. The van der Waals surface area contributed by atoms with Crippen LogP contribution in [0.2, 0.25) is 0 Å². The maximum absolute atomic E-state index is 13.1. The molecule has 1 aromatic carbocycles. The molecule has 0 fully saturated rings. The monoisotopic (exact) mass is 246 g/mol. The van der Waals surface area contributed by atoms with Crippen LogP contribution in [0, 0.1) is 12.7 Å². The van der Waals surface area contributed by atoms with Crippen LogP contribution in [0.25, 0.3) is 0 Å². The highest BCUT2D eigenvalue weighted by molar-refractivity contribution is 5.96. The lowest BCUT2D eigenvalue weighted by Crippen LogP contribution is -2.03. The number of hydrogen-bond donors (Lipinski definition) is 0. The standard InChI is InChI=1S/C14H15FN2O/c1-10-9-11(3-5-13(10)15)14(18)6-4-12-7-8-17(2)16-12/h3,5,7-9H,4,6H2,1-2H3. The van der Waals surface area contributed by atoms with Crippen molar-refractivity contribution in [1.82, 2.24) is 9.78 Å². The Bertz CT molecular complexity index is 575. The highest BCUT2D eigenvalue weighted by atomic mass is 19.1. The van der Waals surface area contributed by atoms with Crippen LogP contribution in [-0.2, 0) is 13.5 Å². The Morgan fingerprint density at radius 1 is 1.39 bits per heavy atom. The molecule has 18 heavy (non-hydrogen) atoms. The third kappa shape index (κ3) is 2.83. The second-order valence-electron chi connectivity index (χ2n) is 4.37. The molecule has 2 aromatic rings. The number of carbonyl (C=O) groups excluding carboxylic acids is 1. The van der Waals surface area contributed by atoms with Crippen molar-refractivity contribution in [2.45, 2.75) is 19.8 Å². The molecule has 0 N–H and O–H groups in total. The fraction of sp³-hybridized carbons (Fsp3) is 0.286. The van der Waals surface area contributed by atoms with E-state index in [1.807, 2.05) is 19.3 Å². The van der Waals surface area contributed by atoms with Gasteiger partial charge in [0.05, 0.1) is 5.69 Å². The third-order valence-electron chi connectivity index (χ3n) is 2.86. The van der Waals surface area contributed by atoms with E-state index in [0.717, 1.165) is 5.69 Å². The Morgan fingerprint density at radius 3 is 2.78 bits per heavy atom. The Labute approximate surface area is 105 Å². The maximum Gasteiger partial charge on any atom is 0.163 e. The number of halogens is 1. The van der Waals surface area contributed by atoms with Crippen molar-refractivity contribution in [3.05, 3.63) is 53.1 Å². The van der Waals surface area contributed by atoms with Crippen molar-refractivity contribution in [1.29, 1.82) is 0 Å². The van der Waals surface area contributed by atoms with E-state index < -0.39 is 0 Å². The van der Waals surface area contributed by atoms with Crippen LogP contribution in [0.1, 0.15) is 28.0 Å². The van der Waals surface area contributed by atoms with Gasteiger partial charge < -0.3 is 0 Å². The van der Waals surface area contributed by atoms with Gasteiger partial charge in [-0.2, -0.15) is 5.10 Å². The molecule has 0 bridgehead atoms. The normalized spacial score (nSPS) is 10.6. The zero-order valence-electron chi connectivity index (χ0n) is 10.5. The first kappa shape index (κ1) is 12.5. The Hall–Kier alpha value is -1.97. The van der Waals surface area contributed by atoms with Crippen LogP contribution in [0.3, 0.4) is 0 Å². The van der Waals surface area contributed by atoms with Crippen LogP contribution in [0.5, 0.6) is 0 Å². The predicted molar refractivity (Wildman–Crippen MR) is 67.0 cm³/mol. The van der Waals surface area contributed by atoms with Crippen LogP contribution in [0.4, 0.5) is 4.39 Å². The summed E-state index contributed by atoms with van der Waals surface area (Å²) in [5.41, 5.74) is 1.95. The van der Waals surface area contributed by atoms with Crippen molar-refractivity contribution >= 4 is 5.78 Å². The van der Waals surface area contributed by atoms with Crippen LogP contribution in [-0.4, -0.2) is 15.6 Å². The number of nitrogens with zero attached hydrogens (tertiary/aromatic N) is 2. The lowest BCUT2D eigenvalue weighted by molar-refractivity contribution is 0.0982. The van der Waals surface area contributed by atoms with Gasteiger partial charge in [0.1, 0.15) is 5.82 Å². The smallest absolute Gasteiger partial charge is 0.163 e. The fourth-order valence-corrected chi connectivity index (χ4v) is 1.80. The molecule has 1 aromatic heterocycles. The van der Waals surface area contributed by atoms with Crippen LogP contribution in [0.15, 0.2) is 30.5 Å². The van der Waals surface area contributed by atoms with Crippen LogP contribution >= 0.6 is 0 Å². The van der Waals surface area contributed by atoms with Gasteiger partial charge in [-0.15, -0.1) is 0 Å². The van der Waals surface area contributed by atoms with Gasteiger partial charge in [-0.3, -0.25) is 9.48 Å². The molecule has 0 saturated carbocycles. The highest BCUT2D eigenvalue weighted by Gasteiger charge is 2.09. The van der Waals surface area contributed by atoms with Crippen molar-refractivity contribution in [3.63, 3.8) is 0 Å². The molecule has 0 unspecified atom stereocenters. The molecule has 2 rings (SSSR count). The first-order valence-corrected chi connectivity index (χ1v) is 5.84. The molecule has 0 saturated heterocycles. The first-order chi connectivity index (χ1) is 8.56. The first-order valence-electron chi connectivity index (χ1n) is 5.84. The average molecular weight is 246 g/mol. The van der Waals surface area contributed by atoms with Crippen molar-refractivity contribution < 1.29 is 9.18 Å². The number of rotatable bonds is 4. The molecule has 1 heterocycles. The fourth-order valence-electron chi connectivity index (χ4n) is 1.80. The van der Waals surface area contributed by atoms with Gasteiger partial charge in [0.2, 0.25) is 0 Å². The van der Waals surface area contributed by atoms with Gasteiger partial charge in [-0.25, -0.2) is 4.39 Å². The maximum atomic E-state index is 13.1. The second-order valence-corrected chi connectivity index (χ2v) is 4.37. The van der Waals surface area contributed by atoms with E-state index in [0.29, 0.717) is 24.0 Å². The average Bonchev–Trinajstić information content (AvgIpc) is 2.75. The van der Waals surface area contributed by atoms with Crippen molar-refractivity contribution in [3.8, 4) is 0 Å². The number of Topliss-reactive ketones (excluding diaryl/α,β-unsaturated/α-hetero) is 1. The van der Waals surface area contributed by atoms with Crippen molar-refractivity contribution in [2.75, 3.05) is 0 Å². The summed E-state index contributed by atoms with van der Waals surface area (Å²) >= 11 is 0. The largest absolute Gasteiger partial charge is 0.294 e. The molecule has 0 spiro atoms. The number of aryl methyl sites for hydroxylation is 3. The van der Waals surface area contributed by atoms with E-state index in [2.05, 4.69) is 5.10 Å². The van der Waals surface area contributed by atoms with E-state index >= 15 is 0 Å². The van der Waals surface area contributed by atoms with E-state index in [-0.39, 0.29) is 11.6 Å². The van der Waals surface area contributed by atoms with Crippen molar-refractivity contribution in [2.24, 2.45) is 7.05 Å². The topological polar surface area (TPSA) is 34.9 Å². The minimum Gasteiger partial charge on any atom is -0.294 e. The summed E-state index contributed by atoms with van der Waals surface area (Å²) in [7, 11) is 1.84. The zero-order chi connectivity index (χ0) is 13.1. The van der Waals surface area contributed by atoms with Gasteiger partial charge in [-0.1, -0.05) is 0 Å². The van der Waals surface area contributed by atoms with E-state index in [9.17, 15) is 9.18 Å². The molecule has 3 nitrogen and oxygen atoms in total. The predicted octanol–water partition coefficient (Wildman–Crippen LogP) is 2.68. The van der Waals surface area contributed by atoms with E-state index in [1.165, 1.54) is 12.1 Å². The lowest BCUT2D eigenvalue weighted by Gasteiger charge is -2.02. The van der Waals surface area contributed by atoms with Gasteiger partial charge in [0.15, 0.2) is 5.78 Å². The Kier molecular flexibility index (Phi) is 3.55. The summed E-state index contributed by atoms with van der Waals surface area (Å²) in [5.74, 6) is -0.264. The lowest BCUT2D eigenvalue weighted by atomic mass is 10.0. The molecular weight excluding hydrogens is 231 g/mol. The summed E-state index contributed by atoms with van der Waals surface area (Å²) in [6, 6.07) is 6.35. The van der Waals surface area contributed by atoms with Gasteiger partial charge in [0, 0.05) is 25.2 Å². The highest BCUT2D eigenvalue weighted by Crippen LogP contribution is 2.12. The number of benzene rings is 1. The second kappa shape index (κ2) is 5.12. The molecule has 0 aliphatic carbocycles. The number of aromatic nitrogens is 2. The van der Waals surface area contributed by atoms with E-state index in [1.54, 1.807) is 17.7 Å². The molecule has 0 radical (unpaired) electrons. The summed E-state index contributed by atoms with van der Waals surface area (Å²) in [5, 5.41) is 4.21. The molecule has 0 atom stereocenters. The molecular formula is C14H15FN2O. The summed E-state index contributed by atoms with van der Waals surface area (Å²) in [4.78, 5) is 11.9. The van der Waals surface area contributed by atoms with Gasteiger partial charge in [-0.05, 0) is 43.2 Å². The molecule has 94 valence electrons. The minimum absolute atomic E-state index is 0.0174. The quantitative estimate of drug-likeness (QED) is 0.777. The molecule has 4 heteroatoms. The number of ketones is 1. The summed E-state index contributed by atoms with van der Waals surface area (Å²) < 4.78 is 14.8. The number of carbonyl (C=O) groups is 1. The zero-order valence-corrected chi connectivity index (χ0v) is 10.5. The molecule has 0 amide bonds. The minimum atomic E-state index is -0.281.